The second-order valence-electron chi connectivity index (χ2n) is 3.91. The van der Waals surface area contributed by atoms with Gasteiger partial charge in [-0.25, -0.2) is 4.39 Å². The Morgan fingerprint density at radius 2 is 1.89 bits per heavy atom. The minimum Gasteiger partial charge on any atom is -0.289 e. The van der Waals surface area contributed by atoms with Gasteiger partial charge < -0.3 is 0 Å². The summed E-state index contributed by atoms with van der Waals surface area (Å²) in [6.45, 7) is 1.72. The predicted octanol–water partition coefficient (Wildman–Crippen LogP) is 4.62. The summed E-state index contributed by atoms with van der Waals surface area (Å²) in [7, 11) is 0. The molecular formula is C14H9ClFIO. The van der Waals surface area contributed by atoms with Gasteiger partial charge in [0.15, 0.2) is 5.78 Å². The molecule has 0 aliphatic rings. The molecule has 0 unspecified atom stereocenters. The molecule has 2 aromatic carbocycles. The highest BCUT2D eigenvalue weighted by Crippen LogP contribution is 2.22. The Morgan fingerprint density at radius 3 is 2.56 bits per heavy atom. The quantitative estimate of drug-likeness (QED) is 0.554. The minimum atomic E-state index is -0.343. The van der Waals surface area contributed by atoms with Crippen LogP contribution in [0.5, 0.6) is 0 Å². The average Bonchev–Trinajstić information content (AvgIpc) is 2.31. The van der Waals surface area contributed by atoms with E-state index >= 15 is 0 Å². The number of rotatable bonds is 2. The van der Waals surface area contributed by atoms with E-state index in [4.69, 9.17) is 11.6 Å². The number of benzene rings is 2. The lowest BCUT2D eigenvalue weighted by molar-refractivity contribution is 0.103. The van der Waals surface area contributed by atoms with E-state index in [0.29, 0.717) is 21.7 Å². The van der Waals surface area contributed by atoms with Gasteiger partial charge in [0.05, 0.1) is 0 Å². The maximum absolute atomic E-state index is 13.0. The summed E-state index contributed by atoms with van der Waals surface area (Å²) in [5.41, 5.74) is 1.66. The maximum Gasteiger partial charge on any atom is 0.194 e. The van der Waals surface area contributed by atoms with Gasteiger partial charge in [0.1, 0.15) is 5.82 Å². The summed E-state index contributed by atoms with van der Waals surface area (Å²) < 4.78 is 13.8. The lowest BCUT2D eigenvalue weighted by atomic mass is 9.99. The lowest BCUT2D eigenvalue weighted by Crippen LogP contribution is -2.06. The fraction of sp³-hybridized carbons (Fsp3) is 0.0714. The molecular weight excluding hydrogens is 366 g/mol. The Hall–Kier alpha value is -0.940. The van der Waals surface area contributed by atoms with E-state index in [-0.39, 0.29) is 11.6 Å². The van der Waals surface area contributed by atoms with Gasteiger partial charge in [-0.1, -0.05) is 11.6 Å². The molecule has 0 radical (unpaired) electrons. The molecule has 0 amide bonds. The van der Waals surface area contributed by atoms with Gasteiger partial charge in [-0.15, -0.1) is 0 Å². The predicted molar refractivity (Wildman–Crippen MR) is 78.7 cm³/mol. The van der Waals surface area contributed by atoms with Gasteiger partial charge in [-0.2, -0.15) is 0 Å². The zero-order valence-corrected chi connectivity index (χ0v) is 12.4. The molecule has 0 fully saturated rings. The van der Waals surface area contributed by atoms with Crippen LogP contribution in [0, 0.1) is 16.3 Å². The van der Waals surface area contributed by atoms with E-state index in [1.165, 1.54) is 18.2 Å². The number of carbonyl (C=O) groups is 1. The molecule has 0 saturated carbocycles. The Balaban J connectivity index is 2.51. The third kappa shape index (κ3) is 2.72. The van der Waals surface area contributed by atoms with Crippen molar-refractivity contribution in [3.05, 3.63) is 67.5 Å². The van der Waals surface area contributed by atoms with E-state index in [2.05, 4.69) is 22.6 Å². The van der Waals surface area contributed by atoms with Crippen molar-refractivity contribution in [2.24, 2.45) is 0 Å². The standard InChI is InChI=1S/C14H9ClFIO/c1-8-6-10(16)3-4-11(8)14(18)12-7-9(15)2-5-13(12)17/h2-7H,1H3. The normalized spacial score (nSPS) is 10.4. The van der Waals surface area contributed by atoms with E-state index in [0.717, 1.165) is 3.57 Å². The number of hydrogen-bond donors (Lipinski definition) is 0. The maximum atomic E-state index is 13.0. The van der Waals surface area contributed by atoms with Crippen molar-refractivity contribution >= 4 is 40.0 Å². The third-order valence-corrected chi connectivity index (χ3v) is 3.78. The fourth-order valence-electron chi connectivity index (χ4n) is 1.70. The zero-order chi connectivity index (χ0) is 13.3. The molecule has 2 rings (SSSR count). The Morgan fingerprint density at radius 1 is 1.17 bits per heavy atom. The first-order chi connectivity index (χ1) is 8.49. The summed E-state index contributed by atoms with van der Waals surface area (Å²) in [5.74, 6) is -0.482. The van der Waals surface area contributed by atoms with Crippen LogP contribution in [0.2, 0.25) is 5.02 Å². The SMILES string of the molecule is Cc1cc(F)ccc1C(=O)c1cc(Cl)ccc1I. The van der Waals surface area contributed by atoms with Crippen molar-refractivity contribution in [3.63, 3.8) is 0 Å². The topological polar surface area (TPSA) is 17.1 Å². The van der Waals surface area contributed by atoms with Crippen LogP contribution in [-0.2, 0) is 0 Å². The number of carbonyl (C=O) groups excluding carboxylic acids is 1. The zero-order valence-electron chi connectivity index (χ0n) is 9.51. The summed E-state index contributed by atoms with van der Waals surface area (Å²) in [5, 5.41) is 0.513. The first kappa shape index (κ1) is 13.5. The van der Waals surface area contributed by atoms with Crippen molar-refractivity contribution in [2.75, 3.05) is 0 Å². The van der Waals surface area contributed by atoms with Crippen LogP contribution in [-0.4, -0.2) is 5.78 Å². The number of ketones is 1. The Bertz CT molecular complexity index is 625. The van der Waals surface area contributed by atoms with Crippen LogP contribution >= 0.6 is 34.2 Å². The van der Waals surface area contributed by atoms with E-state index < -0.39 is 0 Å². The molecule has 0 spiro atoms. The van der Waals surface area contributed by atoms with Gasteiger partial charge in [-0.05, 0) is 71.5 Å². The second kappa shape index (κ2) is 5.36. The van der Waals surface area contributed by atoms with Crippen LogP contribution in [0.1, 0.15) is 21.5 Å². The fourth-order valence-corrected chi connectivity index (χ4v) is 2.45. The molecule has 0 aromatic heterocycles. The third-order valence-electron chi connectivity index (χ3n) is 2.61. The molecule has 4 heteroatoms. The summed E-state index contributed by atoms with van der Waals surface area (Å²) in [6.07, 6.45) is 0. The molecule has 1 nitrogen and oxygen atoms in total. The van der Waals surface area contributed by atoms with Crippen molar-refractivity contribution in [3.8, 4) is 0 Å². The van der Waals surface area contributed by atoms with Crippen LogP contribution in [0.4, 0.5) is 4.39 Å². The Kier molecular flexibility index (Phi) is 4.02. The molecule has 0 N–H and O–H groups in total. The molecule has 2 aromatic rings. The smallest absolute Gasteiger partial charge is 0.194 e. The summed E-state index contributed by atoms with van der Waals surface area (Å²) in [4.78, 5) is 12.4. The van der Waals surface area contributed by atoms with Crippen LogP contribution in [0.25, 0.3) is 0 Å². The summed E-state index contributed by atoms with van der Waals surface area (Å²) >= 11 is 7.98. The molecule has 92 valence electrons. The number of hydrogen-bond acceptors (Lipinski definition) is 1. The minimum absolute atomic E-state index is 0.139. The summed E-state index contributed by atoms with van der Waals surface area (Å²) in [6, 6.07) is 9.30. The largest absolute Gasteiger partial charge is 0.289 e. The molecule has 0 aliphatic carbocycles. The van der Waals surface area contributed by atoms with Crippen LogP contribution in [0.3, 0.4) is 0 Å². The van der Waals surface area contributed by atoms with Crippen LogP contribution in [0.15, 0.2) is 36.4 Å². The van der Waals surface area contributed by atoms with Crippen molar-refractivity contribution in [1.29, 1.82) is 0 Å². The van der Waals surface area contributed by atoms with Gasteiger partial charge in [-0.3, -0.25) is 4.79 Å². The molecule has 18 heavy (non-hydrogen) atoms. The van der Waals surface area contributed by atoms with Crippen molar-refractivity contribution in [2.45, 2.75) is 6.92 Å². The molecule has 0 aliphatic heterocycles. The molecule has 0 heterocycles. The highest BCUT2D eigenvalue weighted by Gasteiger charge is 2.15. The van der Waals surface area contributed by atoms with E-state index in [1.54, 1.807) is 25.1 Å². The first-order valence-corrected chi connectivity index (χ1v) is 6.70. The lowest BCUT2D eigenvalue weighted by Gasteiger charge is -2.07. The number of halogens is 3. The average molecular weight is 375 g/mol. The highest BCUT2D eigenvalue weighted by molar-refractivity contribution is 14.1. The molecule has 0 bridgehead atoms. The molecule has 0 atom stereocenters. The Labute approximate surface area is 123 Å². The number of aryl methyl sites for hydroxylation is 1. The molecule has 0 saturated heterocycles. The van der Waals surface area contributed by atoms with Gasteiger partial charge in [0.2, 0.25) is 0 Å². The van der Waals surface area contributed by atoms with E-state index in [9.17, 15) is 9.18 Å². The monoisotopic (exact) mass is 374 g/mol. The van der Waals surface area contributed by atoms with Gasteiger partial charge >= 0.3 is 0 Å². The van der Waals surface area contributed by atoms with Crippen molar-refractivity contribution in [1.82, 2.24) is 0 Å². The van der Waals surface area contributed by atoms with Gasteiger partial charge in [0, 0.05) is 19.7 Å². The highest BCUT2D eigenvalue weighted by atomic mass is 127. The van der Waals surface area contributed by atoms with Gasteiger partial charge in [0.25, 0.3) is 0 Å². The van der Waals surface area contributed by atoms with Crippen molar-refractivity contribution < 1.29 is 9.18 Å². The first-order valence-electron chi connectivity index (χ1n) is 5.25. The second-order valence-corrected chi connectivity index (χ2v) is 5.51. The van der Waals surface area contributed by atoms with Crippen LogP contribution < -0.4 is 0 Å². The van der Waals surface area contributed by atoms with E-state index in [1.807, 2.05) is 0 Å².